The molecule has 0 spiro atoms. The van der Waals surface area contributed by atoms with Crippen LogP contribution in [0.1, 0.15) is 12.5 Å². The van der Waals surface area contributed by atoms with E-state index in [4.69, 9.17) is 4.74 Å². The van der Waals surface area contributed by atoms with Crippen molar-refractivity contribution >= 4 is 11.9 Å². The van der Waals surface area contributed by atoms with Crippen LogP contribution in [0.3, 0.4) is 0 Å². The first-order valence-electron chi connectivity index (χ1n) is 5.99. The molecule has 0 atom stereocenters. The zero-order valence-electron chi connectivity index (χ0n) is 11.3. The van der Waals surface area contributed by atoms with E-state index in [0.29, 0.717) is 6.61 Å². The van der Waals surface area contributed by atoms with Crippen LogP contribution >= 0.6 is 0 Å². The number of carbonyl (C=O) groups is 2. The third kappa shape index (κ3) is 4.28. The predicted octanol–water partition coefficient (Wildman–Crippen LogP) is 1.59. The van der Waals surface area contributed by atoms with E-state index in [1.165, 1.54) is 14.2 Å². The van der Waals surface area contributed by atoms with Crippen molar-refractivity contribution in [2.75, 3.05) is 20.8 Å². The van der Waals surface area contributed by atoms with Crippen molar-refractivity contribution in [1.29, 1.82) is 0 Å². The highest BCUT2D eigenvalue weighted by atomic mass is 16.5. The standard InChI is InChI=1S/C14H18O5/c1-4-19-11-7-5-10(6-8-11)9-12(13(15)17-2)14(16)18-3/h5-8,12H,4,9H2,1-3H3. The van der Waals surface area contributed by atoms with E-state index in [0.717, 1.165) is 11.3 Å². The summed E-state index contributed by atoms with van der Waals surface area (Å²) in [6.07, 6.45) is 0.242. The second-order valence-corrected chi connectivity index (χ2v) is 3.88. The first-order chi connectivity index (χ1) is 9.12. The molecule has 5 heteroatoms. The maximum Gasteiger partial charge on any atom is 0.320 e. The minimum absolute atomic E-state index is 0.242. The SMILES string of the molecule is CCOc1ccc(CC(C(=O)OC)C(=O)OC)cc1. The average Bonchev–Trinajstić information content (AvgIpc) is 2.45. The number of ether oxygens (including phenoxy) is 3. The number of hydrogen-bond donors (Lipinski definition) is 0. The largest absolute Gasteiger partial charge is 0.494 e. The van der Waals surface area contributed by atoms with Crippen molar-refractivity contribution in [3.05, 3.63) is 29.8 Å². The fourth-order valence-electron chi connectivity index (χ4n) is 1.67. The minimum Gasteiger partial charge on any atom is -0.494 e. The Morgan fingerprint density at radius 3 is 2.00 bits per heavy atom. The second kappa shape index (κ2) is 7.41. The number of carbonyl (C=O) groups excluding carboxylic acids is 2. The number of rotatable bonds is 6. The molecule has 1 aromatic rings. The van der Waals surface area contributed by atoms with Crippen molar-refractivity contribution in [1.82, 2.24) is 0 Å². The molecule has 0 N–H and O–H groups in total. The fourth-order valence-corrected chi connectivity index (χ4v) is 1.67. The second-order valence-electron chi connectivity index (χ2n) is 3.88. The summed E-state index contributed by atoms with van der Waals surface area (Å²) in [4.78, 5) is 23.1. The molecule has 0 aliphatic carbocycles. The van der Waals surface area contributed by atoms with E-state index < -0.39 is 17.9 Å². The lowest BCUT2D eigenvalue weighted by Crippen LogP contribution is -2.28. The van der Waals surface area contributed by atoms with Gasteiger partial charge in [-0.15, -0.1) is 0 Å². The molecule has 0 radical (unpaired) electrons. The summed E-state index contributed by atoms with van der Waals surface area (Å²) in [5, 5.41) is 0. The summed E-state index contributed by atoms with van der Waals surface area (Å²) in [5.41, 5.74) is 0.837. The smallest absolute Gasteiger partial charge is 0.320 e. The van der Waals surface area contributed by atoms with Crippen molar-refractivity contribution < 1.29 is 23.8 Å². The van der Waals surface area contributed by atoms with Crippen LogP contribution in [0.2, 0.25) is 0 Å². The van der Waals surface area contributed by atoms with Gasteiger partial charge in [-0.3, -0.25) is 9.59 Å². The third-order valence-electron chi connectivity index (χ3n) is 2.65. The molecule has 0 amide bonds. The normalized spacial score (nSPS) is 10.1. The zero-order chi connectivity index (χ0) is 14.3. The van der Waals surface area contributed by atoms with E-state index >= 15 is 0 Å². The molecular formula is C14H18O5. The van der Waals surface area contributed by atoms with E-state index in [1.54, 1.807) is 12.1 Å². The number of hydrogen-bond acceptors (Lipinski definition) is 5. The number of methoxy groups -OCH3 is 2. The average molecular weight is 266 g/mol. The number of esters is 2. The molecule has 0 aliphatic heterocycles. The summed E-state index contributed by atoms with van der Waals surface area (Å²) in [6.45, 7) is 2.49. The van der Waals surface area contributed by atoms with Gasteiger partial charge in [0, 0.05) is 0 Å². The molecule has 104 valence electrons. The topological polar surface area (TPSA) is 61.8 Å². The van der Waals surface area contributed by atoms with Gasteiger partial charge in [-0.1, -0.05) is 12.1 Å². The third-order valence-corrected chi connectivity index (χ3v) is 2.65. The molecule has 0 aliphatic rings. The van der Waals surface area contributed by atoms with Gasteiger partial charge in [0.1, 0.15) is 5.75 Å². The Labute approximate surface area is 112 Å². The summed E-state index contributed by atoms with van der Waals surface area (Å²) in [7, 11) is 2.49. The predicted molar refractivity (Wildman–Crippen MR) is 68.8 cm³/mol. The summed E-state index contributed by atoms with van der Waals surface area (Å²) < 4.78 is 14.5. The highest BCUT2D eigenvalue weighted by molar-refractivity contribution is 5.95. The highest BCUT2D eigenvalue weighted by Gasteiger charge is 2.28. The molecule has 0 bridgehead atoms. The van der Waals surface area contributed by atoms with Gasteiger partial charge in [0.25, 0.3) is 0 Å². The maximum atomic E-state index is 11.5. The van der Waals surface area contributed by atoms with Crippen LogP contribution < -0.4 is 4.74 Å². The van der Waals surface area contributed by atoms with Crippen LogP contribution in [0.4, 0.5) is 0 Å². The van der Waals surface area contributed by atoms with Crippen LogP contribution in [-0.4, -0.2) is 32.8 Å². The Morgan fingerprint density at radius 1 is 1.05 bits per heavy atom. The van der Waals surface area contributed by atoms with Crippen molar-refractivity contribution in [2.24, 2.45) is 5.92 Å². The molecule has 0 aromatic heterocycles. The van der Waals surface area contributed by atoms with Crippen molar-refractivity contribution in [3.63, 3.8) is 0 Å². The molecule has 0 fully saturated rings. The quantitative estimate of drug-likeness (QED) is 0.578. The Hall–Kier alpha value is -2.04. The molecule has 1 rings (SSSR count). The van der Waals surface area contributed by atoms with Gasteiger partial charge < -0.3 is 14.2 Å². The van der Waals surface area contributed by atoms with Gasteiger partial charge in [-0.05, 0) is 31.0 Å². The van der Waals surface area contributed by atoms with Gasteiger partial charge in [0.05, 0.1) is 20.8 Å². The van der Waals surface area contributed by atoms with Crippen molar-refractivity contribution in [2.45, 2.75) is 13.3 Å². The van der Waals surface area contributed by atoms with Crippen LogP contribution in [0.15, 0.2) is 24.3 Å². The van der Waals surface area contributed by atoms with E-state index in [2.05, 4.69) is 9.47 Å². The van der Waals surface area contributed by atoms with E-state index in [-0.39, 0.29) is 6.42 Å². The van der Waals surface area contributed by atoms with Gasteiger partial charge in [0.15, 0.2) is 5.92 Å². The minimum atomic E-state index is -0.937. The monoisotopic (exact) mass is 266 g/mol. The summed E-state index contributed by atoms with van der Waals surface area (Å²) in [6, 6.07) is 7.21. The van der Waals surface area contributed by atoms with Gasteiger partial charge >= 0.3 is 11.9 Å². The molecular weight excluding hydrogens is 248 g/mol. The lowest BCUT2D eigenvalue weighted by molar-refractivity contribution is -0.158. The van der Waals surface area contributed by atoms with Crippen LogP contribution in [0.25, 0.3) is 0 Å². The summed E-state index contributed by atoms with van der Waals surface area (Å²) in [5.74, 6) is -1.38. The molecule has 1 aromatic carbocycles. The Balaban J connectivity index is 2.78. The van der Waals surface area contributed by atoms with Gasteiger partial charge in [0.2, 0.25) is 0 Å². The summed E-state index contributed by atoms with van der Waals surface area (Å²) >= 11 is 0. The van der Waals surface area contributed by atoms with Gasteiger partial charge in [-0.25, -0.2) is 0 Å². The van der Waals surface area contributed by atoms with Crippen molar-refractivity contribution in [3.8, 4) is 5.75 Å². The maximum absolute atomic E-state index is 11.5. The Kier molecular flexibility index (Phi) is 5.85. The van der Waals surface area contributed by atoms with Crippen LogP contribution in [0.5, 0.6) is 5.75 Å². The van der Waals surface area contributed by atoms with Crippen LogP contribution in [0, 0.1) is 5.92 Å². The van der Waals surface area contributed by atoms with E-state index in [9.17, 15) is 9.59 Å². The lowest BCUT2D eigenvalue weighted by atomic mass is 9.99. The first-order valence-corrected chi connectivity index (χ1v) is 5.99. The molecule has 0 saturated carbocycles. The van der Waals surface area contributed by atoms with Crippen LogP contribution in [-0.2, 0) is 25.5 Å². The molecule has 5 nitrogen and oxygen atoms in total. The van der Waals surface area contributed by atoms with E-state index in [1.807, 2.05) is 19.1 Å². The molecule has 0 unspecified atom stereocenters. The highest BCUT2D eigenvalue weighted by Crippen LogP contribution is 2.16. The number of benzene rings is 1. The fraction of sp³-hybridized carbons (Fsp3) is 0.429. The van der Waals surface area contributed by atoms with Gasteiger partial charge in [-0.2, -0.15) is 0 Å². The zero-order valence-corrected chi connectivity index (χ0v) is 11.3. The first kappa shape index (κ1) is 15.0. The molecule has 0 saturated heterocycles. The molecule has 19 heavy (non-hydrogen) atoms. The Morgan fingerprint density at radius 2 is 1.58 bits per heavy atom. The Bertz CT molecular complexity index is 408. The lowest BCUT2D eigenvalue weighted by Gasteiger charge is -2.12. The molecule has 0 heterocycles.